The standard InChI is InChI=1S/C25H25ClN4O2/c26-22-11-4-5-12-23(22)29-13-15-30(16-14-29)25(27-18-19-7-2-1-3-8-19)28-21-10-6-9-20(17-21)24(31)32/h1-12,17H,13-16,18H2,(H,27,28)(H,31,32). The molecule has 6 nitrogen and oxygen atoms in total. The smallest absolute Gasteiger partial charge is 0.335 e. The van der Waals surface area contributed by atoms with Gasteiger partial charge in [0.2, 0.25) is 0 Å². The highest BCUT2D eigenvalue weighted by Gasteiger charge is 2.21. The van der Waals surface area contributed by atoms with E-state index < -0.39 is 5.97 Å². The maximum Gasteiger partial charge on any atom is 0.335 e. The van der Waals surface area contributed by atoms with E-state index >= 15 is 0 Å². The molecule has 0 radical (unpaired) electrons. The number of piperazine rings is 1. The third-order valence-electron chi connectivity index (χ3n) is 5.39. The number of halogens is 1. The molecule has 3 aromatic carbocycles. The number of rotatable bonds is 5. The molecule has 0 unspecified atom stereocenters. The Kier molecular flexibility index (Phi) is 6.92. The van der Waals surface area contributed by atoms with Crippen LogP contribution in [0.4, 0.5) is 11.4 Å². The summed E-state index contributed by atoms with van der Waals surface area (Å²) >= 11 is 6.38. The summed E-state index contributed by atoms with van der Waals surface area (Å²) in [6, 6.07) is 24.7. The summed E-state index contributed by atoms with van der Waals surface area (Å²) in [6.07, 6.45) is 0. The Morgan fingerprint density at radius 2 is 1.66 bits per heavy atom. The number of nitrogens with one attached hydrogen (secondary N) is 1. The Labute approximate surface area is 192 Å². The molecule has 0 spiro atoms. The van der Waals surface area contributed by atoms with Crippen LogP contribution >= 0.6 is 11.6 Å². The third kappa shape index (κ3) is 5.39. The van der Waals surface area contributed by atoms with Crippen LogP contribution in [0, 0.1) is 0 Å². The van der Waals surface area contributed by atoms with Gasteiger partial charge < -0.3 is 20.2 Å². The summed E-state index contributed by atoms with van der Waals surface area (Å²) in [5.41, 5.74) is 3.09. The molecule has 1 saturated heterocycles. The van der Waals surface area contributed by atoms with E-state index in [1.165, 1.54) is 0 Å². The zero-order chi connectivity index (χ0) is 22.3. The number of carbonyl (C=O) groups is 1. The number of hydrogen-bond donors (Lipinski definition) is 2. The molecular formula is C25H25ClN4O2. The number of nitrogens with zero attached hydrogens (tertiary/aromatic N) is 3. The molecule has 0 bridgehead atoms. The number of benzene rings is 3. The maximum atomic E-state index is 11.4. The number of carboxylic acid groups (broad SMARTS) is 1. The number of aromatic carboxylic acids is 1. The molecule has 4 rings (SSSR count). The summed E-state index contributed by atoms with van der Waals surface area (Å²) in [5.74, 6) is -0.222. The fourth-order valence-electron chi connectivity index (χ4n) is 3.69. The predicted molar refractivity (Wildman–Crippen MR) is 130 cm³/mol. The minimum absolute atomic E-state index is 0.237. The fourth-order valence-corrected chi connectivity index (χ4v) is 3.95. The lowest BCUT2D eigenvalue weighted by Crippen LogP contribution is -2.50. The summed E-state index contributed by atoms with van der Waals surface area (Å²) in [6.45, 7) is 3.69. The van der Waals surface area contributed by atoms with Crippen LogP contribution in [0.25, 0.3) is 0 Å². The monoisotopic (exact) mass is 448 g/mol. The van der Waals surface area contributed by atoms with Crippen LogP contribution in [-0.2, 0) is 6.54 Å². The molecule has 2 N–H and O–H groups in total. The highest BCUT2D eigenvalue weighted by atomic mass is 35.5. The van der Waals surface area contributed by atoms with Crippen LogP contribution in [0.3, 0.4) is 0 Å². The van der Waals surface area contributed by atoms with Crippen molar-refractivity contribution in [2.45, 2.75) is 6.54 Å². The van der Waals surface area contributed by atoms with Crippen molar-refractivity contribution < 1.29 is 9.90 Å². The van der Waals surface area contributed by atoms with Crippen LogP contribution in [-0.4, -0.2) is 48.1 Å². The lowest BCUT2D eigenvalue weighted by molar-refractivity contribution is 0.0697. The van der Waals surface area contributed by atoms with Gasteiger partial charge in [-0.15, -0.1) is 0 Å². The van der Waals surface area contributed by atoms with Gasteiger partial charge in [0.05, 0.1) is 22.8 Å². The molecule has 0 saturated carbocycles. The van der Waals surface area contributed by atoms with Crippen molar-refractivity contribution in [3.63, 3.8) is 0 Å². The van der Waals surface area contributed by atoms with Gasteiger partial charge in [-0.1, -0.05) is 60.1 Å². The summed E-state index contributed by atoms with van der Waals surface area (Å²) in [7, 11) is 0. The second-order valence-electron chi connectivity index (χ2n) is 7.56. The van der Waals surface area contributed by atoms with Crippen LogP contribution < -0.4 is 10.2 Å². The first-order valence-electron chi connectivity index (χ1n) is 10.5. The number of aliphatic imine (C=N–C) groups is 1. The summed E-state index contributed by atoms with van der Waals surface area (Å²) < 4.78 is 0. The van der Waals surface area contributed by atoms with Gasteiger partial charge in [-0.25, -0.2) is 9.79 Å². The first-order valence-corrected chi connectivity index (χ1v) is 10.9. The number of para-hydroxylation sites is 1. The average Bonchev–Trinajstić information content (AvgIpc) is 2.83. The van der Waals surface area contributed by atoms with Gasteiger partial charge in [-0.2, -0.15) is 0 Å². The van der Waals surface area contributed by atoms with E-state index in [0.29, 0.717) is 12.2 Å². The second-order valence-corrected chi connectivity index (χ2v) is 7.97. The number of hydrogen-bond acceptors (Lipinski definition) is 3. The van der Waals surface area contributed by atoms with E-state index in [0.717, 1.165) is 48.4 Å². The van der Waals surface area contributed by atoms with E-state index in [-0.39, 0.29) is 5.56 Å². The Balaban J connectivity index is 1.52. The van der Waals surface area contributed by atoms with Crippen LogP contribution in [0.2, 0.25) is 5.02 Å². The maximum absolute atomic E-state index is 11.4. The van der Waals surface area contributed by atoms with Gasteiger partial charge in [-0.3, -0.25) is 0 Å². The van der Waals surface area contributed by atoms with E-state index in [1.807, 2.05) is 60.7 Å². The van der Waals surface area contributed by atoms with Gasteiger partial charge in [0.1, 0.15) is 0 Å². The normalized spacial score (nSPS) is 14.3. The second kappa shape index (κ2) is 10.2. The summed E-state index contributed by atoms with van der Waals surface area (Å²) in [5, 5.41) is 13.4. The quantitative estimate of drug-likeness (QED) is 0.432. The number of carboxylic acids is 1. The summed E-state index contributed by atoms with van der Waals surface area (Å²) in [4.78, 5) is 20.7. The highest BCUT2D eigenvalue weighted by Crippen LogP contribution is 2.26. The zero-order valence-corrected chi connectivity index (χ0v) is 18.4. The minimum Gasteiger partial charge on any atom is -0.478 e. The SMILES string of the molecule is O=C(O)c1cccc(NC(=NCc2ccccc2)N2CCN(c3ccccc3Cl)CC2)c1. The van der Waals surface area contributed by atoms with Crippen LogP contribution in [0.15, 0.2) is 83.9 Å². The van der Waals surface area contributed by atoms with Crippen molar-refractivity contribution >= 4 is 34.9 Å². The molecule has 0 aliphatic carbocycles. The van der Waals surface area contributed by atoms with Gasteiger partial charge >= 0.3 is 5.97 Å². The largest absolute Gasteiger partial charge is 0.478 e. The van der Waals surface area contributed by atoms with Crippen molar-refractivity contribution in [1.29, 1.82) is 0 Å². The van der Waals surface area contributed by atoms with Crippen LogP contribution in [0.1, 0.15) is 15.9 Å². The molecule has 164 valence electrons. The lowest BCUT2D eigenvalue weighted by atomic mass is 10.2. The van der Waals surface area contributed by atoms with Gasteiger partial charge in [0.25, 0.3) is 0 Å². The number of anilines is 2. The molecular weight excluding hydrogens is 424 g/mol. The van der Waals surface area contributed by atoms with Gasteiger partial charge in [0.15, 0.2) is 5.96 Å². The zero-order valence-electron chi connectivity index (χ0n) is 17.6. The average molecular weight is 449 g/mol. The highest BCUT2D eigenvalue weighted by molar-refractivity contribution is 6.33. The Bertz CT molecular complexity index is 1100. The molecule has 7 heteroatoms. The van der Waals surface area contributed by atoms with Crippen molar-refractivity contribution in [3.8, 4) is 0 Å². The first kappa shape index (κ1) is 21.7. The molecule has 32 heavy (non-hydrogen) atoms. The Morgan fingerprint density at radius 1 is 0.938 bits per heavy atom. The Hall–Kier alpha value is -3.51. The lowest BCUT2D eigenvalue weighted by Gasteiger charge is -2.38. The Morgan fingerprint density at radius 3 is 2.38 bits per heavy atom. The van der Waals surface area contributed by atoms with Crippen molar-refractivity contribution in [1.82, 2.24) is 4.90 Å². The van der Waals surface area contributed by atoms with Gasteiger partial charge in [0, 0.05) is 31.9 Å². The van der Waals surface area contributed by atoms with Crippen molar-refractivity contribution in [2.24, 2.45) is 4.99 Å². The van der Waals surface area contributed by atoms with E-state index in [9.17, 15) is 9.90 Å². The molecule has 3 aromatic rings. The minimum atomic E-state index is -0.954. The van der Waals surface area contributed by atoms with E-state index in [2.05, 4.69) is 15.1 Å². The first-order chi connectivity index (χ1) is 15.6. The third-order valence-corrected chi connectivity index (χ3v) is 5.71. The molecule has 1 aliphatic heterocycles. The molecule has 1 heterocycles. The molecule has 0 aromatic heterocycles. The van der Waals surface area contributed by atoms with Crippen LogP contribution in [0.5, 0.6) is 0 Å². The van der Waals surface area contributed by atoms with E-state index in [4.69, 9.17) is 16.6 Å². The van der Waals surface area contributed by atoms with Gasteiger partial charge in [-0.05, 0) is 35.9 Å². The number of guanidine groups is 1. The van der Waals surface area contributed by atoms with Crippen molar-refractivity contribution in [2.75, 3.05) is 36.4 Å². The molecule has 1 fully saturated rings. The topological polar surface area (TPSA) is 68.2 Å². The molecule has 0 amide bonds. The molecule has 1 aliphatic rings. The predicted octanol–water partition coefficient (Wildman–Crippen LogP) is 4.83. The molecule has 0 atom stereocenters. The van der Waals surface area contributed by atoms with E-state index in [1.54, 1.807) is 18.2 Å². The fraction of sp³-hybridized carbons (Fsp3) is 0.200. The van der Waals surface area contributed by atoms with Crippen molar-refractivity contribution in [3.05, 3.63) is 95.0 Å².